The van der Waals surface area contributed by atoms with Gasteiger partial charge in [0.05, 0.1) is 5.69 Å². The highest BCUT2D eigenvalue weighted by atomic mass is 79.9. The van der Waals surface area contributed by atoms with Gasteiger partial charge in [0.1, 0.15) is 16.5 Å². The van der Waals surface area contributed by atoms with E-state index in [1.165, 1.54) is 19.1 Å². The van der Waals surface area contributed by atoms with E-state index in [-0.39, 0.29) is 17.1 Å². The van der Waals surface area contributed by atoms with Gasteiger partial charge in [-0.1, -0.05) is 0 Å². The quantitative estimate of drug-likeness (QED) is 0.809. The van der Waals surface area contributed by atoms with Crippen molar-refractivity contribution in [2.45, 2.75) is 18.7 Å². The van der Waals surface area contributed by atoms with Gasteiger partial charge in [-0.25, -0.2) is 17.8 Å². The summed E-state index contributed by atoms with van der Waals surface area (Å²) in [5, 5.41) is 0. The van der Waals surface area contributed by atoms with E-state index >= 15 is 0 Å². The highest BCUT2D eigenvalue weighted by molar-refractivity contribution is 9.10. The number of hydrogen-bond acceptors (Lipinski definition) is 4. The van der Waals surface area contributed by atoms with Crippen LogP contribution >= 0.6 is 15.9 Å². The molecule has 0 aliphatic rings. The fourth-order valence-corrected chi connectivity index (χ4v) is 3.16. The van der Waals surface area contributed by atoms with Gasteiger partial charge in [0.2, 0.25) is 0 Å². The zero-order chi connectivity index (χ0) is 15.8. The second kappa shape index (κ2) is 5.61. The average Bonchev–Trinajstić information content (AvgIpc) is 2.37. The van der Waals surface area contributed by atoms with Crippen LogP contribution in [0.2, 0.25) is 0 Å². The largest absolute Gasteiger partial charge is 0.399 e. The van der Waals surface area contributed by atoms with Gasteiger partial charge in [0, 0.05) is 10.2 Å². The molecular weight excluding hydrogens is 361 g/mol. The summed E-state index contributed by atoms with van der Waals surface area (Å²) in [5.41, 5.74) is 6.53. The van der Waals surface area contributed by atoms with Crippen molar-refractivity contribution in [1.29, 1.82) is 0 Å². The maximum absolute atomic E-state index is 14.0. The predicted octanol–water partition coefficient (Wildman–Crippen LogP) is 2.98. The maximum Gasteiger partial charge on any atom is 0.266 e. The Kier molecular flexibility index (Phi) is 4.20. The zero-order valence-corrected chi connectivity index (χ0v) is 13.7. The SMILES string of the molecule is Cc1cc(N)cc(S(=O)(=O)Nc2ccc(Br)c(C)n2)c1F. The topological polar surface area (TPSA) is 85.1 Å². The standard InChI is InChI=1S/C13H13BrFN3O2S/c1-7-5-9(16)6-11(13(7)15)21(19,20)18-12-4-3-10(14)8(2)17-12/h3-6H,16H2,1-2H3,(H,17,18). The van der Waals surface area contributed by atoms with Crippen molar-refractivity contribution in [3.05, 3.63) is 45.8 Å². The molecular formula is C13H13BrFN3O2S. The van der Waals surface area contributed by atoms with Crippen LogP contribution in [0.15, 0.2) is 33.6 Å². The molecule has 1 aromatic heterocycles. The molecule has 0 aliphatic carbocycles. The molecule has 8 heteroatoms. The van der Waals surface area contributed by atoms with Crippen molar-refractivity contribution in [2.24, 2.45) is 0 Å². The average molecular weight is 374 g/mol. The highest BCUT2D eigenvalue weighted by Gasteiger charge is 2.22. The maximum atomic E-state index is 14.0. The van der Waals surface area contributed by atoms with E-state index in [4.69, 9.17) is 5.73 Å². The summed E-state index contributed by atoms with van der Waals surface area (Å²) in [4.78, 5) is 3.57. The number of hydrogen-bond donors (Lipinski definition) is 2. The third-order valence-electron chi connectivity index (χ3n) is 2.79. The molecule has 1 heterocycles. The number of halogens is 2. The number of nitrogens with one attached hydrogen (secondary N) is 1. The summed E-state index contributed by atoms with van der Waals surface area (Å²) in [5.74, 6) is -0.722. The van der Waals surface area contributed by atoms with E-state index in [9.17, 15) is 12.8 Å². The molecule has 0 bridgehead atoms. The molecule has 0 atom stereocenters. The summed E-state index contributed by atoms with van der Waals surface area (Å²) in [6.45, 7) is 3.17. The normalized spacial score (nSPS) is 11.4. The Morgan fingerprint density at radius 2 is 1.95 bits per heavy atom. The van der Waals surface area contributed by atoms with E-state index in [0.29, 0.717) is 5.69 Å². The molecule has 2 aromatic rings. The van der Waals surface area contributed by atoms with Crippen molar-refractivity contribution in [3.63, 3.8) is 0 Å². The number of anilines is 2. The van der Waals surface area contributed by atoms with Crippen molar-refractivity contribution in [2.75, 3.05) is 10.5 Å². The lowest BCUT2D eigenvalue weighted by Gasteiger charge is -2.11. The Bertz CT molecular complexity index is 809. The Morgan fingerprint density at radius 3 is 2.57 bits per heavy atom. The van der Waals surface area contributed by atoms with E-state index in [1.54, 1.807) is 13.0 Å². The van der Waals surface area contributed by atoms with Crippen LogP contribution in [0.1, 0.15) is 11.3 Å². The van der Waals surface area contributed by atoms with Crippen LogP contribution in [-0.4, -0.2) is 13.4 Å². The Balaban J connectivity index is 2.45. The van der Waals surface area contributed by atoms with Gasteiger partial charge in [0.25, 0.3) is 10.0 Å². The predicted molar refractivity (Wildman–Crippen MR) is 83.0 cm³/mol. The minimum absolute atomic E-state index is 0.107. The van der Waals surface area contributed by atoms with Crippen LogP contribution in [0.3, 0.4) is 0 Å². The van der Waals surface area contributed by atoms with Crippen molar-refractivity contribution in [1.82, 2.24) is 4.98 Å². The number of pyridine rings is 1. The number of benzene rings is 1. The molecule has 0 radical (unpaired) electrons. The Labute approximate surface area is 130 Å². The van der Waals surface area contributed by atoms with Gasteiger partial charge in [-0.2, -0.15) is 0 Å². The molecule has 5 nitrogen and oxygen atoms in total. The molecule has 0 fully saturated rings. The smallest absolute Gasteiger partial charge is 0.266 e. The molecule has 0 unspecified atom stereocenters. The van der Waals surface area contributed by atoms with Gasteiger partial charge in [-0.05, 0) is 59.6 Å². The number of aromatic nitrogens is 1. The first kappa shape index (κ1) is 15.7. The minimum atomic E-state index is -4.10. The molecule has 0 aliphatic heterocycles. The van der Waals surface area contributed by atoms with Crippen LogP contribution in [0.5, 0.6) is 0 Å². The number of sulfonamides is 1. The van der Waals surface area contributed by atoms with Crippen LogP contribution in [-0.2, 0) is 10.0 Å². The fourth-order valence-electron chi connectivity index (χ4n) is 1.75. The molecule has 1 aromatic carbocycles. The first-order valence-corrected chi connectivity index (χ1v) is 8.20. The van der Waals surface area contributed by atoms with Crippen LogP contribution < -0.4 is 10.5 Å². The second-order valence-electron chi connectivity index (χ2n) is 4.52. The zero-order valence-electron chi connectivity index (χ0n) is 11.3. The summed E-state index contributed by atoms with van der Waals surface area (Å²) in [6, 6.07) is 5.58. The summed E-state index contributed by atoms with van der Waals surface area (Å²) < 4.78 is 41.5. The third kappa shape index (κ3) is 3.33. The monoisotopic (exact) mass is 373 g/mol. The summed E-state index contributed by atoms with van der Waals surface area (Å²) in [6.07, 6.45) is 0. The van der Waals surface area contributed by atoms with Gasteiger partial charge in [-0.3, -0.25) is 4.72 Å². The van der Waals surface area contributed by atoms with Crippen molar-refractivity contribution >= 4 is 37.5 Å². The molecule has 0 spiro atoms. The molecule has 0 saturated carbocycles. The lowest BCUT2D eigenvalue weighted by atomic mass is 10.2. The number of nitrogens with zero attached hydrogens (tertiary/aromatic N) is 1. The summed E-state index contributed by atoms with van der Waals surface area (Å²) >= 11 is 3.27. The highest BCUT2D eigenvalue weighted by Crippen LogP contribution is 2.24. The first-order valence-electron chi connectivity index (χ1n) is 5.92. The molecule has 0 amide bonds. The Hall–Kier alpha value is -1.67. The van der Waals surface area contributed by atoms with E-state index in [0.717, 1.165) is 10.5 Å². The van der Waals surface area contributed by atoms with Crippen LogP contribution in [0.4, 0.5) is 15.9 Å². The van der Waals surface area contributed by atoms with Gasteiger partial charge < -0.3 is 5.73 Å². The number of rotatable bonds is 3. The lowest BCUT2D eigenvalue weighted by Crippen LogP contribution is -2.16. The van der Waals surface area contributed by atoms with Crippen molar-refractivity contribution in [3.8, 4) is 0 Å². The molecule has 3 N–H and O–H groups in total. The first-order chi connectivity index (χ1) is 9.70. The Morgan fingerprint density at radius 1 is 1.29 bits per heavy atom. The number of nitrogens with two attached hydrogens (primary N) is 1. The van der Waals surface area contributed by atoms with Gasteiger partial charge >= 0.3 is 0 Å². The third-order valence-corrected chi connectivity index (χ3v) is 4.99. The minimum Gasteiger partial charge on any atom is -0.399 e. The lowest BCUT2D eigenvalue weighted by molar-refractivity contribution is 0.565. The van der Waals surface area contributed by atoms with Crippen LogP contribution in [0, 0.1) is 19.7 Å². The van der Waals surface area contributed by atoms with E-state index < -0.39 is 20.7 Å². The summed E-state index contributed by atoms with van der Waals surface area (Å²) in [7, 11) is -4.10. The van der Waals surface area contributed by atoms with Crippen LogP contribution in [0.25, 0.3) is 0 Å². The molecule has 0 saturated heterocycles. The molecule has 112 valence electrons. The fraction of sp³-hybridized carbons (Fsp3) is 0.154. The molecule has 21 heavy (non-hydrogen) atoms. The van der Waals surface area contributed by atoms with Gasteiger partial charge in [-0.15, -0.1) is 0 Å². The van der Waals surface area contributed by atoms with E-state index in [1.807, 2.05) is 0 Å². The molecule has 2 rings (SSSR count). The van der Waals surface area contributed by atoms with Gasteiger partial charge in [0.15, 0.2) is 0 Å². The van der Waals surface area contributed by atoms with Crippen molar-refractivity contribution < 1.29 is 12.8 Å². The van der Waals surface area contributed by atoms with E-state index in [2.05, 4.69) is 25.6 Å². The second-order valence-corrected chi connectivity index (χ2v) is 7.02. The number of nitrogen functional groups attached to an aromatic ring is 1. The number of aryl methyl sites for hydroxylation is 2.